The van der Waals surface area contributed by atoms with Gasteiger partial charge in [0.1, 0.15) is 6.07 Å². The van der Waals surface area contributed by atoms with E-state index in [0.29, 0.717) is 11.3 Å². The highest BCUT2D eigenvalue weighted by atomic mass is 32.2. The molecule has 30 heavy (non-hydrogen) atoms. The van der Waals surface area contributed by atoms with Crippen LogP contribution in [0, 0.1) is 28.6 Å². The zero-order valence-electron chi connectivity index (χ0n) is 16.8. The van der Waals surface area contributed by atoms with E-state index in [4.69, 9.17) is 4.74 Å². The molecule has 0 N–H and O–H groups in total. The second kappa shape index (κ2) is 8.37. The molecule has 7 heteroatoms. The van der Waals surface area contributed by atoms with Crippen molar-refractivity contribution >= 4 is 34.2 Å². The van der Waals surface area contributed by atoms with E-state index in [-0.39, 0.29) is 28.3 Å². The number of esters is 1. The number of carbonyl (C=O) groups is 2. The highest BCUT2D eigenvalue weighted by Gasteiger charge is 2.62. The van der Waals surface area contributed by atoms with Crippen molar-refractivity contribution in [2.45, 2.75) is 32.8 Å². The molecule has 0 radical (unpaired) electrons. The molecule has 1 aliphatic heterocycles. The highest BCUT2D eigenvalue weighted by Crippen LogP contribution is 2.60. The molecule has 0 spiro atoms. The maximum absolute atomic E-state index is 12.8. The number of ether oxygens (including phenoxy) is 1. The Hall–Kier alpha value is -2.43. The molecule has 1 aromatic heterocycles. The fourth-order valence-electron chi connectivity index (χ4n) is 3.89. The van der Waals surface area contributed by atoms with Crippen LogP contribution >= 0.6 is 23.1 Å². The molecule has 2 aromatic rings. The Kier molecular flexibility index (Phi) is 5.81. The van der Waals surface area contributed by atoms with Gasteiger partial charge in [0, 0.05) is 23.9 Å². The maximum atomic E-state index is 12.8. The lowest BCUT2D eigenvalue weighted by Gasteiger charge is -2.09. The van der Waals surface area contributed by atoms with Crippen LogP contribution in [0.15, 0.2) is 48.2 Å². The Morgan fingerprint density at radius 2 is 2.17 bits per heavy atom. The van der Waals surface area contributed by atoms with Crippen LogP contribution in [-0.2, 0) is 20.7 Å². The molecule has 4 rings (SSSR count). The van der Waals surface area contributed by atoms with Gasteiger partial charge in [-0.25, -0.2) is 4.98 Å². The quantitative estimate of drug-likeness (QED) is 0.480. The average Bonchev–Trinajstić information content (AvgIpc) is 3.08. The molecule has 0 amide bonds. The van der Waals surface area contributed by atoms with E-state index in [1.165, 1.54) is 23.1 Å². The molecule has 154 valence electrons. The Bertz CT molecular complexity index is 1040. The molecule has 1 saturated heterocycles. The predicted octanol–water partition coefficient (Wildman–Crippen LogP) is 4.70. The fraction of sp³-hybridized carbons (Fsp3) is 0.391. The second-order valence-corrected chi connectivity index (χ2v) is 10.4. The molecule has 2 heterocycles. The number of carbonyl (C=O) groups excluding carboxylic acids is 2. The number of nitrogens with zero attached hydrogens (tertiary/aromatic N) is 2. The minimum Gasteiger partial charge on any atom is -0.441 e. The zero-order valence-corrected chi connectivity index (χ0v) is 18.5. The van der Waals surface area contributed by atoms with Crippen molar-refractivity contribution in [2.24, 2.45) is 17.3 Å². The number of hydrogen-bond acceptors (Lipinski definition) is 7. The first-order valence-electron chi connectivity index (χ1n) is 9.86. The van der Waals surface area contributed by atoms with E-state index in [1.54, 1.807) is 6.20 Å². The van der Waals surface area contributed by atoms with Crippen molar-refractivity contribution in [1.82, 2.24) is 4.98 Å². The van der Waals surface area contributed by atoms with Crippen molar-refractivity contribution in [1.29, 1.82) is 5.26 Å². The van der Waals surface area contributed by atoms with Crippen LogP contribution in [0.4, 0.5) is 0 Å². The van der Waals surface area contributed by atoms with Crippen LogP contribution in [0.5, 0.6) is 0 Å². The molecular formula is C23H22N2O3S2. The molecule has 1 aliphatic carbocycles. The summed E-state index contributed by atoms with van der Waals surface area (Å²) in [5.74, 6) is 0.0534. The van der Waals surface area contributed by atoms with Gasteiger partial charge in [-0.3, -0.25) is 9.59 Å². The number of rotatable bonds is 6. The standard InChI is InChI=1S/C23H22N2O3S2/c1-23(2)16(11-15-8-9-29-22(15)27)20(23)21(26)28-17(12-24)18-13-25-19(30-18)10-14-6-4-3-5-7-14/h3-7,11,13,16-17,20H,8-10H2,1-2H3/t16-,17+,20-/m0/s1. The van der Waals surface area contributed by atoms with Crippen LogP contribution in [-0.4, -0.2) is 21.8 Å². The molecule has 5 nitrogen and oxygen atoms in total. The number of allylic oxidation sites excluding steroid dienone is 1. The minimum atomic E-state index is -0.965. The second-order valence-electron chi connectivity index (χ2n) is 8.17. The van der Waals surface area contributed by atoms with E-state index in [9.17, 15) is 14.9 Å². The highest BCUT2D eigenvalue weighted by molar-refractivity contribution is 8.14. The fourth-order valence-corrected chi connectivity index (χ4v) is 5.68. The SMILES string of the molecule is CC1(C)[C@H](C(=O)O[C@H](C#N)c2cnc(Cc3ccccc3)s2)[C@@H]1C=C1CCSC1=O. The first kappa shape index (κ1) is 20.8. The molecule has 2 fully saturated rings. The average molecular weight is 439 g/mol. The smallest absolute Gasteiger partial charge is 0.311 e. The zero-order chi connectivity index (χ0) is 21.3. The number of thiazole rings is 1. The van der Waals surface area contributed by atoms with Gasteiger partial charge >= 0.3 is 5.97 Å². The maximum Gasteiger partial charge on any atom is 0.311 e. The molecule has 1 saturated carbocycles. The van der Waals surface area contributed by atoms with E-state index in [1.807, 2.05) is 50.3 Å². The van der Waals surface area contributed by atoms with Crippen molar-refractivity contribution in [3.63, 3.8) is 0 Å². The number of thioether (sulfide) groups is 1. The molecule has 1 aromatic carbocycles. The third kappa shape index (κ3) is 4.21. The van der Waals surface area contributed by atoms with Gasteiger partial charge in [0.15, 0.2) is 0 Å². The Morgan fingerprint density at radius 1 is 1.40 bits per heavy atom. The van der Waals surface area contributed by atoms with Crippen molar-refractivity contribution in [2.75, 3.05) is 5.75 Å². The third-order valence-corrected chi connectivity index (χ3v) is 7.76. The van der Waals surface area contributed by atoms with Crippen LogP contribution in [0.2, 0.25) is 0 Å². The van der Waals surface area contributed by atoms with E-state index < -0.39 is 6.10 Å². The molecular weight excluding hydrogens is 416 g/mol. The number of hydrogen-bond donors (Lipinski definition) is 0. The van der Waals surface area contributed by atoms with Crippen LogP contribution in [0.3, 0.4) is 0 Å². The lowest BCUT2D eigenvalue weighted by atomic mass is 10.1. The van der Waals surface area contributed by atoms with Gasteiger partial charge in [-0.2, -0.15) is 5.26 Å². The van der Waals surface area contributed by atoms with Crippen molar-refractivity contribution < 1.29 is 14.3 Å². The summed E-state index contributed by atoms with van der Waals surface area (Å²) in [4.78, 5) is 29.7. The largest absolute Gasteiger partial charge is 0.441 e. The van der Waals surface area contributed by atoms with Gasteiger partial charge in [-0.1, -0.05) is 62.0 Å². The van der Waals surface area contributed by atoms with E-state index in [2.05, 4.69) is 11.1 Å². The van der Waals surface area contributed by atoms with Gasteiger partial charge in [-0.05, 0) is 23.3 Å². The Morgan fingerprint density at radius 3 is 2.83 bits per heavy atom. The molecule has 3 atom stereocenters. The van der Waals surface area contributed by atoms with Gasteiger partial charge < -0.3 is 4.74 Å². The van der Waals surface area contributed by atoms with E-state index in [0.717, 1.165) is 28.3 Å². The summed E-state index contributed by atoms with van der Waals surface area (Å²) in [5, 5.41) is 10.6. The monoisotopic (exact) mass is 438 g/mol. The number of benzene rings is 1. The number of nitriles is 1. The van der Waals surface area contributed by atoms with Crippen LogP contribution in [0.1, 0.15) is 41.8 Å². The summed E-state index contributed by atoms with van der Waals surface area (Å²) < 4.78 is 5.58. The van der Waals surface area contributed by atoms with Gasteiger partial charge in [0.2, 0.25) is 11.2 Å². The van der Waals surface area contributed by atoms with Crippen molar-refractivity contribution in [3.8, 4) is 6.07 Å². The molecule has 0 bridgehead atoms. The first-order valence-corrected chi connectivity index (χ1v) is 11.7. The third-order valence-electron chi connectivity index (χ3n) is 5.79. The Labute approximate surface area is 184 Å². The predicted molar refractivity (Wildman–Crippen MR) is 117 cm³/mol. The summed E-state index contributed by atoms with van der Waals surface area (Å²) >= 11 is 2.72. The lowest BCUT2D eigenvalue weighted by Crippen LogP contribution is -2.14. The van der Waals surface area contributed by atoms with E-state index >= 15 is 0 Å². The Balaban J connectivity index is 1.42. The molecule has 2 aliphatic rings. The topological polar surface area (TPSA) is 80.1 Å². The summed E-state index contributed by atoms with van der Waals surface area (Å²) in [6.45, 7) is 4.00. The van der Waals surface area contributed by atoms with Crippen LogP contribution < -0.4 is 0 Å². The van der Waals surface area contributed by atoms with Crippen molar-refractivity contribution in [3.05, 3.63) is 63.6 Å². The lowest BCUT2D eigenvalue weighted by molar-refractivity contribution is -0.149. The summed E-state index contributed by atoms with van der Waals surface area (Å²) in [6.07, 6.45) is 4.03. The van der Waals surface area contributed by atoms with Gasteiger partial charge in [0.05, 0.1) is 15.8 Å². The minimum absolute atomic E-state index is 0.0305. The first-order chi connectivity index (χ1) is 14.4. The summed E-state index contributed by atoms with van der Waals surface area (Å²) in [6, 6.07) is 12.1. The van der Waals surface area contributed by atoms with Gasteiger partial charge in [-0.15, -0.1) is 11.3 Å². The summed E-state index contributed by atoms with van der Waals surface area (Å²) in [7, 11) is 0. The normalized spacial score (nSPS) is 24.4. The van der Waals surface area contributed by atoms with Gasteiger partial charge in [0.25, 0.3) is 0 Å². The number of aromatic nitrogens is 1. The molecule has 0 unspecified atom stereocenters. The van der Waals surface area contributed by atoms with Crippen LogP contribution in [0.25, 0.3) is 0 Å². The summed E-state index contributed by atoms with van der Waals surface area (Å²) in [5.41, 5.74) is 1.67.